The highest BCUT2D eigenvalue weighted by Gasteiger charge is 2.40. The molecule has 1 atom stereocenters. The molecule has 1 amide bonds. The summed E-state index contributed by atoms with van der Waals surface area (Å²) in [6.45, 7) is 1.36. The molecule has 3 aromatic rings. The van der Waals surface area contributed by atoms with E-state index in [0.717, 1.165) is 17.5 Å². The Balaban J connectivity index is 1.89. The molecule has 2 aromatic carbocycles. The summed E-state index contributed by atoms with van der Waals surface area (Å²) < 4.78 is 77.1. The number of para-hydroxylation sites is 1. The van der Waals surface area contributed by atoms with E-state index >= 15 is 0 Å². The SMILES string of the molecule is CC(CSC(F)(F)F)(Cc1ccc(C(F)(F)F)cc1)C(=O)Nc1cccc2cccnc12. The summed E-state index contributed by atoms with van der Waals surface area (Å²) in [5, 5.41) is 3.39. The van der Waals surface area contributed by atoms with Gasteiger partial charge in [-0.25, -0.2) is 0 Å². The van der Waals surface area contributed by atoms with Gasteiger partial charge >= 0.3 is 11.7 Å². The highest BCUT2D eigenvalue weighted by Crippen LogP contribution is 2.38. The molecule has 1 heterocycles. The van der Waals surface area contributed by atoms with Gasteiger partial charge in [-0.15, -0.1) is 0 Å². The molecule has 0 aliphatic heterocycles. The zero-order valence-corrected chi connectivity index (χ0v) is 17.5. The van der Waals surface area contributed by atoms with Crippen LogP contribution in [0.5, 0.6) is 0 Å². The van der Waals surface area contributed by atoms with Gasteiger partial charge in [0, 0.05) is 17.3 Å². The second-order valence-corrected chi connectivity index (χ2v) is 8.54. The topological polar surface area (TPSA) is 42.0 Å². The minimum Gasteiger partial charge on any atom is -0.324 e. The van der Waals surface area contributed by atoms with Crippen LogP contribution in [0.15, 0.2) is 60.8 Å². The van der Waals surface area contributed by atoms with Crippen molar-refractivity contribution >= 4 is 34.3 Å². The molecule has 170 valence electrons. The van der Waals surface area contributed by atoms with Gasteiger partial charge in [0.25, 0.3) is 0 Å². The molecule has 0 radical (unpaired) electrons. The van der Waals surface area contributed by atoms with Crippen LogP contribution in [0.2, 0.25) is 0 Å². The minimum atomic E-state index is -4.57. The van der Waals surface area contributed by atoms with Crippen LogP contribution in [0.3, 0.4) is 0 Å². The van der Waals surface area contributed by atoms with Crippen molar-refractivity contribution in [3.05, 3.63) is 71.9 Å². The number of hydrogen-bond acceptors (Lipinski definition) is 3. The summed E-state index contributed by atoms with van der Waals surface area (Å²) in [5.74, 6) is -1.30. The smallest absolute Gasteiger partial charge is 0.324 e. The van der Waals surface area contributed by atoms with Gasteiger partial charge in [-0.05, 0) is 54.9 Å². The van der Waals surface area contributed by atoms with Crippen LogP contribution in [-0.2, 0) is 17.4 Å². The van der Waals surface area contributed by atoms with Crippen molar-refractivity contribution in [1.29, 1.82) is 0 Å². The number of carbonyl (C=O) groups excluding carboxylic acids is 1. The molecule has 10 heteroatoms. The lowest BCUT2D eigenvalue weighted by Gasteiger charge is -2.29. The Morgan fingerprint density at radius 1 is 0.969 bits per heavy atom. The number of hydrogen-bond donors (Lipinski definition) is 1. The third-order valence-corrected chi connectivity index (χ3v) is 5.97. The fourth-order valence-corrected chi connectivity index (χ4v) is 3.89. The molecule has 0 aliphatic rings. The molecule has 1 aromatic heterocycles. The summed E-state index contributed by atoms with van der Waals surface area (Å²) in [6.07, 6.45) is -3.19. The number of aromatic nitrogens is 1. The maximum absolute atomic E-state index is 13.1. The molecule has 1 unspecified atom stereocenters. The van der Waals surface area contributed by atoms with Gasteiger partial charge in [-0.3, -0.25) is 9.78 Å². The van der Waals surface area contributed by atoms with Crippen molar-refractivity contribution in [2.45, 2.75) is 25.0 Å². The van der Waals surface area contributed by atoms with E-state index in [1.807, 2.05) is 0 Å². The van der Waals surface area contributed by atoms with Crippen molar-refractivity contribution in [2.24, 2.45) is 5.41 Å². The van der Waals surface area contributed by atoms with E-state index in [0.29, 0.717) is 16.8 Å². The average Bonchev–Trinajstić information content (AvgIpc) is 2.72. The number of fused-ring (bicyclic) bond motifs is 1. The number of anilines is 1. The van der Waals surface area contributed by atoms with Crippen LogP contribution >= 0.6 is 11.8 Å². The van der Waals surface area contributed by atoms with Crippen LogP contribution in [0, 0.1) is 5.41 Å². The van der Waals surface area contributed by atoms with E-state index < -0.39 is 34.3 Å². The molecule has 3 nitrogen and oxygen atoms in total. The molecule has 0 saturated heterocycles. The lowest BCUT2D eigenvalue weighted by atomic mass is 9.84. The average molecular weight is 472 g/mol. The molecule has 0 fully saturated rings. The van der Waals surface area contributed by atoms with Crippen LogP contribution < -0.4 is 5.32 Å². The Morgan fingerprint density at radius 2 is 1.62 bits per heavy atom. The molecule has 0 spiro atoms. The number of carbonyl (C=O) groups is 1. The molecule has 1 N–H and O–H groups in total. The van der Waals surface area contributed by atoms with Crippen molar-refractivity contribution in [3.8, 4) is 0 Å². The van der Waals surface area contributed by atoms with Crippen molar-refractivity contribution in [2.75, 3.05) is 11.1 Å². The van der Waals surface area contributed by atoms with E-state index in [-0.39, 0.29) is 18.2 Å². The molecule has 0 aliphatic carbocycles. The zero-order chi connectivity index (χ0) is 23.6. The second-order valence-electron chi connectivity index (χ2n) is 7.50. The summed E-state index contributed by atoms with van der Waals surface area (Å²) in [4.78, 5) is 17.3. The lowest BCUT2D eigenvalue weighted by molar-refractivity contribution is -0.137. The Bertz CT molecular complexity index is 1090. The van der Waals surface area contributed by atoms with Crippen LogP contribution in [0.25, 0.3) is 10.9 Å². The third kappa shape index (κ3) is 5.93. The molecular weight excluding hydrogens is 454 g/mol. The first kappa shape index (κ1) is 23.9. The molecular formula is C22H18F6N2OS. The first-order valence-electron chi connectivity index (χ1n) is 9.39. The monoisotopic (exact) mass is 472 g/mol. The van der Waals surface area contributed by atoms with Crippen LogP contribution in [0.4, 0.5) is 32.0 Å². The van der Waals surface area contributed by atoms with Gasteiger partial charge in [-0.1, -0.05) is 30.3 Å². The second kappa shape index (κ2) is 9.01. The van der Waals surface area contributed by atoms with Crippen molar-refractivity contribution in [3.63, 3.8) is 0 Å². The number of amides is 1. The van der Waals surface area contributed by atoms with Crippen molar-refractivity contribution in [1.82, 2.24) is 4.98 Å². The number of alkyl halides is 6. The fraction of sp³-hybridized carbons (Fsp3) is 0.273. The van der Waals surface area contributed by atoms with E-state index in [1.165, 1.54) is 25.3 Å². The maximum atomic E-state index is 13.1. The van der Waals surface area contributed by atoms with E-state index in [2.05, 4.69) is 10.3 Å². The number of nitrogens with zero attached hydrogens (tertiary/aromatic N) is 1. The predicted octanol–water partition coefficient (Wildman–Crippen LogP) is 6.69. The molecule has 0 saturated carbocycles. The summed E-state index contributed by atoms with van der Waals surface area (Å²) in [7, 11) is 0. The quantitative estimate of drug-likeness (QED) is 0.406. The highest BCUT2D eigenvalue weighted by molar-refractivity contribution is 8.00. The normalized spacial score (nSPS) is 14.2. The van der Waals surface area contributed by atoms with E-state index in [4.69, 9.17) is 0 Å². The predicted molar refractivity (Wildman–Crippen MR) is 112 cm³/mol. The van der Waals surface area contributed by atoms with Gasteiger partial charge in [0.05, 0.1) is 22.2 Å². The van der Waals surface area contributed by atoms with E-state index in [1.54, 1.807) is 30.3 Å². The highest BCUT2D eigenvalue weighted by atomic mass is 32.2. The summed E-state index contributed by atoms with van der Waals surface area (Å²) >= 11 is -0.347. The van der Waals surface area contributed by atoms with Gasteiger partial charge in [0.2, 0.25) is 5.91 Å². The van der Waals surface area contributed by atoms with Crippen molar-refractivity contribution < 1.29 is 31.1 Å². The Labute approximate surface area is 184 Å². The summed E-state index contributed by atoms with van der Waals surface area (Å²) in [6, 6.07) is 12.6. The number of benzene rings is 2. The largest absolute Gasteiger partial charge is 0.441 e. The first-order valence-corrected chi connectivity index (χ1v) is 10.4. The fourth-order valence-electron chi connectivity index (χ4n) is 3.18. The Morgan fingerprint density at radius 3 is 2.25 bits per heavy atom. The van der Waals surface area contributed by atoms with Gasteiger partial charge < -0.3 is 5.32 Å². The number of thioether (sulfide) groups is 1. The Kier molecular flexibility index (Phi) is 6.73. The van der Waals surface area contributed by atoms with Gasteiger partial charge in [0.15, 0.2) is 0 Å². The van der Waals surface area contributed by atoms with Gasteiger partial charge in [-0.2, -0.15) is 26.3 Å². The minimum absolute atomic E-state index is 0.182. The lowest BCUT2D eigenvalue weighted by Crippen LogP contribution is -2.38. The number of rotatable bonds is 6. The standard InChI is InChI=1S/C22H18F6N2OS/c1-20(13-32-22(26,27)28,12-14-7-9-16(10-8-14)21(23,24)25)19(31)30-17-6-2-4-15-5-3-11-29-18(15)17/h2-11H,12-13H2,1H3,(H,30,31). The number of nitrogens with one attached hydrogen (secondary N) is 1. The Hall–Kier alpha value is -2.75. The molecule has 3 rings (SSSR count). The summed E-state index contributed by atoms with van der Waals surface area (Å²) in [5.41, 5.74) is -5.87. The number of pyridine rings is 1. The zero-order valence-electron chi connectivity index (χ0n) is 16.7. The number of halogens is 6. The molecule has 0 bridgehead atoms. The van der Waals surface area contributed by atoms with Crippen LogP contribution in [0.1, 0.15) is 18.1 Å². The van der Waals surface area contributed by atoms with Gasteiger partial charge in [0.1, 0.15) is 0 Å². The van der Waals surface area contributed by atoms with E-state index in [9.17, 15) is 31.1 Å². The maximum Gasteiger partial charge on any atom is 0.441 e. The first-order chi connectivity index (χ1) is 14.9. The molecule has 32 heavy (non-hydrogen) atoms. The van der Waals surface area contributed by atoms with Crippen LogP contribution in [-0.4, -0.2) is 22.2 Å². The third-order valence-electron chi connectivity index (χ3n) is 4.86.